The van der Waals surface area contributed by atoms with Crippen LogP contribution >= 0.6 is 0 Å². The molecule has 108 valence electrons. The van der Waals surface area contributed by atoms with Gasteiger partial charge >= 0.3 is 0 Å². The van der Waals surface area contributed by atoms with E-state index < -0.39 is 5.82 Å². The van der Waals surface area contributed by atoms with Crippen LogP contribution in [0.25, 0.3) is 0 Å². The molecule has 0 aliphatic carbocycles. The summed E-state index contributed by atoms with van der Waals surface area (Å²) in [7, 11) is 1.94. The Kier molecular flexibility index (Phi) is 3.52. The first-order chi connectivity index (χ1) is 10.2. The van der Waals surface area contributed by atoms with Crippen molar-refractivity contribution in [3.8, 4) is 6.07 Å². The zero-order valence-corrected chi connectivity index (χ0v) is 11.7. The number of hydrogen-bond acceptors (Lipinski definition) is 5. The molecule has 0 spiro atoms. The lowest BCUT2D eigenvalue weighted by Gasteiger charge is -2.33. The van der Waals surface area contributed by atoms with Crippen LogP contribution < -0.4 is 4.90 Å². The van der Waals surface area contributed by atoms with Gasteiger partial charge in [-0.3, -0.25) is 4.98 Å². The molecule has 1 saturated heterocycles. The van der Waals surface area contributed by atoms with E-state index in [4.69, 9.17) is 5.26 Å². The van der Waals surface area contributed by atoms with Gasteiger partial charge < -0.3 is 9.47 Å². The summed E-state index contributed by atoms with van der Waals surface area (Å²) in [6.45, 7) is 1.49. The van der Waals surface area contributed by atoms with Crippen LogP contribution in [0.4, 0.5) is 10.1 Å². The molecular formula is C14H15FN6. The minimum Gasteiger partial charge on any atom is -0.369 e. The third-order valence-electron chi connectivity index (χ3n) is 3.94. The van der Waals surface area contributed by atoms with Crippen LogP contribution in [0, 0.1) is 17.1 Å². The molecular weight excluding hydrogens is 271 g/mol. The van der Waals surface area contributed by atoms with Crippen molar-refractivity contribution in [2.24, 2.45) is 7.05 Å². The second kappa shape index (κ2) is 5.48. The summed E-state index contributed by atoms with van der Waals surface area (Å²) >= 11 is 0. The minimum atomic E-state index is -0.564. The van der Waals surface area contributed by atoms with Crippen molar-refractivity contribution in [1.29, 1.82) is 5.26 Å². The molecule has 0 saturated carbocycles. The third-order valence-corrected chi connectivity index (χ3v) is 3.94. The first kappa shape index (κ1) is 13.5. The Morgan fingerprint density at radius 2 is 2.10 bits per heavy atom. The molecule has 2 aromatic rings. The highest BCUT2D eigenvalue weighted by molar-refractivity contribution is 5.58. The van der Waals surface area contributed by atoms with Gasteiger partial charge in [0.15, 0.2) is 5.82 Å². The molecule has 0 bridgehead atoms. The smallest absolute Gasteiger partial charge is 0.161 e. The lowest BCUT2D eigenvalue weighted by Crippen LogP contribution is -2.34. The van der Waals surface area contributed by atoms with Gasteiger partial charge in [0.1, 0.15) is 23.8 Å². The molecule has 1 aliphatic rings. The number of rotatable bonds is 2. The summed E-state index contributed by atoms with van der Waals surface area (Å²) in [5.41, 5.74) is 0.649. The lowest BCUT2D eigenvalue weighted by atomic mass is 9.95. The van der Waals surface area contributed by atoms with Crippen molar-refractivity contribution in [2.75, 3.05) is 18.0 Å². The largest absolute Gasteiger partial charge is 0.369 e. The Bertz CT molecular complexity index is 681. The topological polar surface area (TPSA) is 70.6 Å². The number of nitrogens with zero attached hydrogens (tertiary/aromatic N) is 6. The Hall–Kier alpha value is -2.49. The van der Waals surface area contributed by atoms with E-state index in [0.717, 1.165) is 38.0 Å². The van der Waals surface area contributed by atoms with E-state index in [1.54, 1.807) is 12.5 Å². The van der Waals surface area contributed by atoms with Crippen LogP contribution in [-0.4, -0.2) is 32.8 Å². The van der Waals surface area contributed by atoms with Gasteiger partial charge in [-0.25, -0.2) is 4.39 Å². The van der Waals surface area contributed by atoms with Crippen LogP contribution in [-0.2, 0) is 7.05 Å². The molecule has 3 heterocycles. The highest BCUT2D eigenvalue weighted by Crippen LogP contribution is 2.30. The quantitative estimate of drug-likeness (QED) is 0.838. The summed E-state index contributed by atoms with van der Waals surface area (Å²) in [5.74, 6) is 0.763. The predicted octanol–water partition coefficient (Wildman–Crippen LogP) is 1.60. The van der Waals surface area contributed by atoms with E-state index in [9.17, 15) is 4.39 Å². The van der Waals surface area contributed by atoms with Crippen LogP contribution in [0.1, 0.15) is 30.1 Å². The zero-order chi connectivity index (χ0) is 14.8. The van der Waals surface area contributed by atoms with E-state index in [-0.39, 0.29) is 5.56 Å². The maximum Gasteiger partial charge on any atom is 0.161 e. The fourth-order valence-corrected chi connectivity index (χ4v) is 2.82. The number of halogens is 1. The van der Waals surface area contributed by atoms with Gasteiger partial charge in [-0.2, -0.15) is 5.26 Å². The van der Waals surface area contributed by atoms with Crippen molar-refractivity contribution in [2.45, 2.75) is 18.8 Å². The third kappa shape index (κ3) is 2.44. The van der Waals surface area contributed by atoms with E-state index in [1.165, 1.54) is 0 Å². The molecule has 21 heavy (non-hydrogen) atoms. The normalized spacial score (nSPS) is 16.0. The molecule has 1 fully saturated rings. The van der Waals surface area contributed by atoms with Gasteiger partial charge in [-0.1, -0.05) is 0 Å². The van der Waals surface area contributed by atoms with E-state index >= 15 is 0 Å². The van der Waals surface area contributed by atoms with Crippen molar-refractivity contribution in [3.63, 3.8) is 0 Å². The lowest BCUT2D eigenvalue weighted by molar-refractivity contribution is 0.473. The first-order valence-corrected chi connectivity index (χ1v) is 6.83. The molecule has 0 atom stereocenters. The van der Waals surface area contributed by atoms with Gasteiger partial charge in [0.05, 0.1) is 18.1 Å². The zero-order valence-electron chi connectivity index (χ0n) is 11.7. The Morgan fingerprint density at radius 3 is 2.71 bits per heavy atom. The number of hydrogen-bond donors (Lipinski definition) is 0. The molecule has 0 unspecified atom stereocenters. The van der Waals surface area contributed by atoms with Crippen molar-refractivity contribution >= 4 is 5.69 Å². The van der Waals surface area contributed by atoms with Crippen molar-refractivity contribution in [1.82, 2.24) is 19.7 Å². The highest BCUT2D eigenvalue weighted by Gasteiger charge is 2.26. The molecule has 1 aliphatic heterocycles. The predicted molar refractivity (Wildman–Crippen MR) is 74.1 cm³/mol. The van der Waals surface area contributed by atoms with Gasteiger partial charge in [-0.15, -0.1) is 10.2 Å². The Morgan fingerprint density at radius 1 is 1.33 bits per heavy atom. The number of aromatic nitrogens is 4. The maximum absolute atomic E-state index is 13.6. The number of anilines is 1. The summed E-state index contributed by atoms with van der Waals surface area (Å²) in [5, 5.41) is 17.2. The molecule has 3 rings (SSSR count). The average Bonchev–Trinajstić information content (AvgIpc) is 2.93. The number of aryl methyl sites for hydroxylation is 1. The Labute approximate surface area is 121 Å². The van der Waals surface area contributed by atoms with Crippen LogP contribution in [0.2, 0.25) is 0 Å². The highest BCUT2D eigenvalue weighted by atomic mass is 19.1. The summed E-state index contributed by atoms with van der Waals surface area (Å²) < 4.78 is 15.6. The molecule has 0 amide bonds. The van der Waals surface area contributed by atoms with E-state index in [1.807, 2.05) is 22.6 Å². The van der Waals surface area contributed by atoms with Gasteiger partial charge in [0.2, 0.25) is 0 Å². The second-order valence-corrected chi connectivity index (χ2v) is 5.19. The van der Waals surface area contributed by atoms with Crippen LogP contribution in [0.15, 0.2) is 18.7 Å². The fourth-order valence-electron chi connectivity index (χ4n) is 2.82. The van der Waals surface area contributed by atoms with E-state index in [2.05, 4.69) is 15.2 Å². The second-order valence-electron chi connectivity index (χ2n) is 5.19. The molecule has 0 N–H and O–H groups in total. The monoisotopic (exact) mass is 286 g/mol. The fraction of sp³-hybridized carbons (Fsp3) is 0.429. The number of pyridine rings is 1. The Balaban J connectivity index is 1.76. The van der Waals surface area contributed by atoms with E-state index in [0.29, 0.717) is 11.6 Å². The summed E-state index contributed by atoms with van der Waals surface area (Å²) in [6.07, 6.45) is 6.13. The van der Waals surface area contributed by atoms with Crippen molar-refractivity contribution in [3.05, 3.63) is 35.9 Å². The molecule has 6 nitrogen and oxygen atoms in total. The molecule has 0 radical (unpaired) electrons. The van der Waals surface area contributed by atoms with Crippen LogP contribution in [0.5, 0.6) is 0 Å². The average molecular weight is 286 g/mol. The van der Waals surface area contributed by atoms with Gasteiger partial charge in [0, 0.05) is 26.1 Å². The molecule has 2 aromatic heterocycles. The summed E-state index contributed by atoms with van der Waals surface area (Å²) in [6, 6.07) is 1.93. The minimum absolute atomic E-state index is 0.0714. The molecule has 7 heteroatoms. The van der Waals surface area contributed by atoms with Gasteiger partial charge in [0.25, 0.3) is 0 Å². The molecule has 0 aromatic carbocycles. The van der Waals surface area contributed by atoms with Crippen molar-refractivity contribution < 1.29 is 4.39 Å². The van der Waals surface area contributed by atoms with Gasteiger partial charge in [-0.05, 0) is 12.8 Å². The number of piperidine rings is 1. The SMILES string of the molecule is Cn1cnnc1C1CCN(c2cncc(F)c2C#N)CC1. The summed E-state index contributed by atoms with van der Waals surface area (Å²) in [4.78, 5) is 5.87. The van der Waals surface area contributed by atoms with Crippen LogP contribution in [0.3, 0.4) is 0 Å². The first-order valence-electron chi connectivity index (χ1n) is 6.83. The maximum atomic E-state index is 13.6. The number of nitriles is 1. The standard InChI is InChI=1S/C14H15FN6/c1-20-9-18-19-14(20)10-2-4-21(5-3-10)13-8-17-7-12(15)11(13)6-16/h7-10H,2-5H2,1H3.